The van der Waals surface area contributed by atoms with Crippen LogP contribution in [0.15, 0.2) is 29.2 Å². The van der Waals surface area contributed by atoms with E-state index < -0.39 is 11.1 Å². The predicted molar refractivity (Wildman–Crippen MR) is 83.8 cm³/mol. The van der Waals surface area contributed by atoms with Crippen molar-refractivity contribution >= 4 is 11.1 Å². The van der Waals surface area contributed by atoms with Crippen LogP contribution >= 0.6 is 0 Å². The molecule has 2 rings (SSSR count). The highest BCUT2D eigenvalue weighted by molar-refractivity contribution is 7.80. The average molecular weight is 294 g/mol. The molecule has 2 nitrogen and oxygen atoms in total. The first-order valence-electron chi connectivity index (χ1n) is 7.63. The maximum absolute atomic E-state index is 12.4. The molecule has 1 aromatic rings. The number of benzene rings is 1. The molecule has 0 bridgehead atoms. The summed E-state index contributed by atoms with van der Waals surface area (Å²) < 4.78 is 18.3. The zero-order chi connectivity index (χ0) is 14.7. The molecule has 1 aromatic carbocycles. The highest BCUT2D eigenvalue weighted by Crippen LogP contribution is 2.36. The van der Waals surface area contributed by atoms with Gasteiger partial charge in [0.2, 0.25) is 0 Å². The van der Waals surface area contributed by atoms with Crippen molar-refractivity contribution in [2.45, 2.75) is 58.0 Å². The normalized spacial score (nSPS) is 28.6. The second-order valence-corrected chi connectivity index (χ2v) is 7.64. The molecule has 0 heterocycles. The summed E-state index contributed by atoms with van der Waals surface area (Å²) in [7, 11) is 0. The van der Waals surface area contributed by atoms with Gasteiger partial charge in [-0.25, -0.2) is 4.21 Å². The second kappa shape index (κ2) is 6.86. The van der Waals surface area contributed by atoms with Crippen LogP contribution in [-0.2, 0) is 15.3 Å². The molecule has 112 valence electrons. The molecule has 0 N–H and O–H groups in total. The van der Waals surface area contributed by atoms with Crippen molar-refractivity contribution < 1.29 is 8.39 Å². The molecule has 3 heteroatoms. The quantitative estimate of drug-likeness (QED) is 0.817. The lowest BCUT2D eigenvalue weighted by atomic mass is 9.75. The Hall–Kier alpha value is -0.670. The van der Waals surface area contributed by atoms with Gasteiger partial charge in [0.1, 0.15) is 0 Å². The van der Waals surface area contributed by atoms with Crippen LogP contribution in [0.4, 0.5) is 0 Å². The first kappa shape index (κ1) is 15.7. The fourth-order valence-electron chi connectivity index (χ4n) is 3.04. The minimum atomic E-state index is -1.34. The Morgan fingerprint density at radius 1 is 1.20 bits per heavy atom. The Labute approximate surface area is 125 Å². The maximum atomic E-state index is 12.4. The van der Waals surface area contributed by atoms with Gasteiger partial charge in [0, 0.05) is 0 Å². The smallest absolute Gasteiger partial charge is 0.189 e. The van der Waals surface area contributed by atoms with Crippen molar-refractivity contribution in [2.24, 2.45) is 17.8 Å². The van der Waals surface area contributed by atoms with Gasteiger partial charge in [-0.2, -0.15) is 0 Å². The minimum Gasteiger partial charge on any atom is -0.283 e. The van der Waals surface area contributed by atoms with Crippen LogP contribution in [0.3, 0.4) is 0 Å². The molecule has 1 aliphatic carbocycles. The Kier molecular flexibility index (Phi) is 5.39. The summed E-state index contributed by atoms with van der Waals surface area (Å²) in [5.74, 6) is 1.79. The standard InChI is InChI=1S/C17H26O2S/c1-12(2)16-10-7-14(4)11-17(16)19-20(18)15-8-5-13(3)6-9-15/h5-6,8-9,12,14,16-17H,7,10-11H2,1-4H3/t14?,16?,17?,20-/m0/s1. The van der Waals surface area contributed by atoms with Crippen LogP contribution in [0.5, 0.6) is 0 Å². The Bertz CT molecular complexity index is 453. The summed E-state index contributed by atoms with van der Waals surface area (Å²) in [6.45, 7) is 8.78. The Morgan fingerprint density at radius 2 is 1.85 bits per heavy atom. The largest absolute Gasteiger partial charge is 0.283 e. The van der Waals surface area contributed by atoms with E-state index in [1.165, 1.54) is 18.4 Å². The summed E-state index contributed by atoms with van der Waals surface area (Å²) in [6.07, 6.45) is 3.61. The fraction of sp³-hybridized carbons (Fsp3) is 0.647. The highest BCUT2D eigenvalue weighted by Gasteiger charge is 2.33. The average Bonchev–Trinajstić information content (AvgIpc) is 2.39. The van der Waals surface area contributed by atoms with Crippen LogP contribution in [0, 0.1) is 24.7 Å². The van der Waals surface area contributed by atoms with Crippen molar-refractivity contribution in [3.63, 3.8) is 0 Å². The lowest BCUT2D eigenvalue weighted by molar-refractivity contribution is 0.0567. The zero-order valence-corrected chi connectivity index (χ0v) is 13.8. The van der Waals surface area contributed by atoms with Gasteiger partial charge in [-0.1, -0.05) is 44.9 Å². The van der Waals surface area contributed by atoms with E-state index >= 15 is 0 Å². The molecule has 0 amide bonds. The van der Waals surface area contributed by atoms with Crippen molar-refractivity contribution in [3.8, 4) is 0 Å². The first-order valence-corrected chi connectivity index (χ1v) is 8.70. The molecule has 4 atom stereocenters. The van der Waals surface area contributed by atoms with Gasteiger partial charge in [0.25, 0.3) is 0 Å². The topological polar surface area (TPSA) is 26.3 Å². The number of rotatable bonds is 4. The predicted octanol–water partition coefficient (Wildman–Crippen LogP) is 4.50. The highest BCUT2D eigenvalue weighted by atomic mass is 32.2. The number of hydrogen-bond donors (Lipinski definition) is 0. The van der Waals surface area contributed by atoms with Crippen LogP contribution in [0.25, 0.3) is 0 Å². The number of aryl methyl sites for hydroxylation is 1. The molecule has 3 unspecified atom stereocenters. The lowest BCUT2D eigenvalue weighted by Crippen LogP contribution is -2.34. The minimum absolute atomic E-state index is 0.126. The van der Waals surface area contributed by atoms with Gasteiger partial charge in [-0.15, -0.1) is 0 Å². The van der Waals surface area contributed by atoms with Crippen molar-refractivity contribution in [3.05, 3.63) is 29.8 Å². The molecule has 1 aliphatic rings. The molecule has 0 aromatic heterocycles. The third kappa shape index (κ3) is 3.92. The number of hydrogen-bond acceptors (Lipinski definition) is 2. The van der Waals surface area contributed by atoms with E-state index in [0.29, 0.717) is 17.8 Å². The summed E-state index contributed by atoms with van der Waals surface area (Å²) in [5, 5.41) is 0. The van der Waals surface area contributed by atoms with E-state index in [1.807, 2.05) is 31.2 Å². The molecule has 20 heavy (non-hydrogen) atoms. The zero-order valence-electron chi connectivity index (χ0n) is 13.0. The summed E-state index contributed by atoms with van der Waals surface area (Å²) >= 11 is -1.34. The molecule has 1 fully saturated rings. The van der Waals surface area contributed by atoms with Crippen LogP contribution < -0.4 is 0 Å². The van der Waals surface area contributed by atoms with Gasteiger partial charge >= 0.3 is 0 Å². The molecule has 0 aliphatic heterocycles. The van der Waals surface area contributed by atoms with Gasteiger partial charge in [-0.3, -0.25) is 4.18 Å². The second-order valence-electron chi connectivity index (χ2n) is 6.51. The first-order chi connectivity index (χ1) is 9.47. The SMILES string of the molecule is Cc1ccc([S@@](=O)OC2CC(C)CCC2C(C)C)cc1. The molecule has 0 saturated heterocycles. The molecular weight excluding hydrogens is 268 g/mol. The monoisotopic (exact) mass is 294 g/mol. The summed E-state index contributed by atoms with van der Waals surface area (Å²) in [4.78, 5) is 0.774. The van der Waals surface area contributed by atoms with Crippen molar-refractivity contribution in [2.75, 3.05) is 0 Å². The molecular formula is C17H26O2S. The lowest BCUT2D eigenvalue weighted by Gasteiger charge is -2.36. The Morgan fingerprint density at radius 3 is 2.45 bits per heavy atom. The van der Waals surface area contributed by atoms with E-state index in [0.717, 1.165) is 11.3 Å². The third-order valence-electron chi connectivity index (χ3n) is 4.39. The van der Waals surface area contributed by atoms with E-state index in [-0.39, 0.29) is 6.10 Å². The Balaban J connectivity index is 2.05. The van der Waals surface area contributed by atoms with Crippen molar-refractivity contribution in [1.82, 2.24) is 0 Å². The van der Waals surface area contributed by atoms with E-state index in [4.69, 9.17) is 4.18 Å². The fourth-order valence-corrected chi connectivity index (χ4v) is 3.96. The van der Waals surface area contributed by atoms with E-state index in [1.54, 1.807) is 0 Å². The summed E-state index contributed by atoms with van der Waals surface area (Å²) in [6, 6.07) is 7.78. The van der Waals surface area contributed by atoms with E-state index in [9.17, 15) is 4.21 Å². The van der Waals surface area contributed by atoms with Gasteiger partial charge in [0.15, 0.2) is 11.1 Å². The van der Waals surface area contributed by atoms with Gasteiger partial charge < -0.3 is 0 Å². The van der Waals surface area contributed by atoms with Crippen molar-refractivity contribution in [1.29, 1.82) is 0 Å². The maximum Gasteiger partial charge on any atom is 0.189 e. The van der Waals surface area contributed by atoms with Gasteiger partial charge in [-0.05, 0) is 49.7 Å². The van der Waals surface area contributed by atoms with E-state index in [2.05, 4.69) is 20.8 Å². The van der Waals surface area contributed by atoms with Gasteiger partial charge in [0.05, 0.1) is 11.0 Å². The van der Waals surface area contributed by atoms with Crippen LogP contribution in [-0.4, -0.2) is 10.3 Å². The summed E-state index contributed by atoms with van der Waals surface area (Å²) in [5.41, 5.74) is 1.18. The molecule has 0 spiro atoms. The molecule has 0 radical (unpaired) electrons. The molecule has 1 saturated carbocycles. The van der Waals surface area contributed by atoms with Crippen LogP contribution in [0.2, 0.25) is 0 Å². The van der Waals surface area contributed by atoms with Crippen LogP contribution in [0.1, 0.15) is 45.6 Å². The third-order valence-corrected chi connectivity index (χ3v) is 5.46.